The molecule has 1 saturated heterocycles. The van der Waals surface area contributed by atoms with Crippen molar-refractivity contribution in [3.63, 3.8) is 0 Å². The Bertz CT molecular complexity index is 1460. The summed E-state index contributed by atoms with van der Waals surface area (Å²) in [7, 11) is 1.78. The van der Waals surface area contributed by atoms with Crippen LogP contribution in [0.2, 0.25) is 5.02 Å². The Kier molecular flexibility index (Phi) is 4.89. The number of carbonyl (C=O) groups excluding carboxylic acids is 1. The molecular weight excluding hydrogens is 452 g/mol. The third-order valence-corrected chi connectivity index (χ3v) is 6.12. The van der Waals surface area contributed by atoms with Crippen LogP contribution in [0.25, 0.3) is 27.7 Å². The van der Waals surface area contributed by atoms with Gasteiger partial charge in [-0.05, 0) is 30.7 Å². The number of rotatable bonds is 4. The van der Waals surface area contributed by atoms with Crippen LogP contribution in [-0.4, -0.2) is 48.5 Å². The van der Waals surface area contributed by atoms with Crippen LogP contribution < -0.4 is 5.56 Å². The predicted molar refractivity (Wildman–Crippen MR) is 121 cm³/mol. The molecule has 0 aliphatic carbocycles. The average molecular weight is 472 g/mol. The van der Waals surface area contributed by atoms with Gasteiger partial charge in [0.2, 0.25) is 5.91 Å². The molecule has 170 valence electrons. The SMILES string of the molecule is Cn1cc(-n2cc(-c3ccc(F)c(Cl)c3)c3c(=O)n(CC(=O)N4CC(C)(F)C4)ccc32)cn1. The first kappa shape index (κ1) is 21.4. The van der Waals surface area contributed by atoms with Gasteiger partial charge >= 0.3 is 0 Å². The van der Waals surface area contributed by atoms with E-state index in [-0.39, 0.29) is 36.1 Å². The fourth-order valence-electron chi connectivity index (χ4n) is 4.21. The fourth-order valence-corrected chi connectivity index (χ4v) is 4.39. The van der Waals surface area contributed by atoms with Crippen LogP contribution in [0, 0.1) is 5.82 Å². The molecule has 0 saturated carbocycles. The van der Waals surface area contributed by atoms with Crippen LogP contribution >= 0.6 is 11.6 Å². The molecule has 1 aliphatic heterocycles. The second-order valence-electron chi connectivity index (χ2n) is 8.59. The van der Waals surface area contributed by atoms with Gasteiger partial charge < -0.3 is 14.0 Å². The van der Waals surface area contributed by atoms with Gasteiger partial charge in [0.1, 0.15) is 18.0 Å². The van der Waals surface area contributed by atoms with Crippen molar-refractivity contribution in [1.29, 1.82) is 0 Å². The summed E-state index contributed by atoms with van der Waals surface area (Å²) in [5.74, 6) is -0.890. The zero-order chi connectivity index (χ0) is 23.5. The highest BCUT2D eigenvalue weighted by Gasteiger charge is 2.41. The lowest BCUT2D eigenvalue weighted by atomic mass is 9.99. The summed E-state index contributed by atoms with van der Waals surface area (Å²) < 4.78 is 32.3. The molecule has 3 aromatic heterocycles. The van der Waals surface area contributed by atoms with Crippen LogP contribution in [0.5, 0.6) is 0 Å². The summed E-state index contributed by atoms with van der Waals surface area (Å²) in [6.07, 6.45) is 6.77. The van der Waals surface area contributed by atoms with Gasteiger partial charge in [0.15, 0.2) is 0 Å². The topological polar surface area (TPSA) is 65.1 Å². The van der Waals surface area contributed by atoms with Gasteiger partial charge in [-0.15, -0.1) is 0 Å². The number of halogens is 3. The maximum atomic E-state index is 13.8. The van der Waals surface area contributed by atoms with E-state index in [1.807, 2.05) is 4.57 Å². The van der Waals surface area contributed by atoms with Gasteiger partial charge in [-0.2, -0.15) is 5.10 Å². The number of nitrogens with zero attached hydrogens (tertiary/aromatic N) is 5. The van der Waals surface area contributed by atoms with Crippen LogP contribution in [-0.2, 0) is 18.4 Å². The summed E-state index contributed by atoms with van der Waals surface area (Å²) >= 11 is 6.00. The van der Waals surface area contributed by atoms with E-state index in [0.717, 1.165) is 5.69 Å². The third-order valence-electron chi connectivity index (χ3n) is 5.83. The normalized spacial score (nSPS) is 15.1. The number of hydrogen-bond acceptors (Lipinski definition) is 3. The molecule has 1 fully saturated rings. The third kappa shape index (κ3) is 3.72. The molecule has 0 unspecified atom stereocenters. The number of likely N-dealkylation sites (tertiary alicyclic amines) is 1. The lowest BCUT2D eigenvalue weighted by molar-refractivity contribution is -0.144. The van der Waals surface area contributed by atoms with E-state index < -0.39 is 11.5 Å². The van der Waals surface area contributed by atoms with Crippen LogP contribution in [0.1, 0.15) is 6.92 Å². The summed E-state index contributed by atoms with van der Waals surface area (Å²) in [6, 6.07) is 5.99. The maximum Gasteiger partial charge on any atom is 0.261 e. The second kappa shape index (κ2) is 7.55. The number of hydrogen-bond donors (Lipinski definition) is 0. The highest BCUT2D eigenvalue weighted by molar-refractivity contribution is 6.31. The van der Waals surface area contributed by atoms with Crippen molar-refractivity contribution in [3.8, 4) is 16.8 Å². The van der Waals surface area contributed by atoms with Gasteiger partial charge in [-0.25, -0.2) is 8.78 Å². The van der Waals surface area contributed by atoms with Crippen molar-refractivity contribution in [2.75, 3.05) is 13.1 Å². The largest absolute Gasteiger partial charge is 0.335 e. The molecule has 1 aliphatic rings. The first-order valence-electron chi connectivity index (χ1n) is 10.3. The lowest BCUT2D eigenvalue weighted by Crippen LogP contribution is -2.60. The molecule has 0 N–H and O–H groups in total. The molecular formula is C23H20ClF2N5O2. The van der Waals surface area contributed by atoms with E-state index >= 15 is 0 Å². The summed E-state index contributed by atoms with van der Waals surface area (Å²) in [6.45, 7) is 1.27. The molecule has 10 heteroatoms. The van der Waals surface area contributed by atoms with Crippen LogP contribution in [0.15, 0.2) is 53.8 Å². The number of aromatic nitrogens is 4. The van der Waals surface area contributed by atoms with Crippen molar-refractivity contribution < 1.29 is 13.6 Å². The molecule has 1 aromatic carbocycles. The number of benzene rings is 1. The van der Waals surface area contributed by atoms with E-state index in [1.54, 1.807) is 48.6 Å². The molecule has 7 nitrogen and oxygen atoms in total. The summed E-state index contributed by atoms with van der Waals surface area (Å²) in [4.78, 5) is 27.4. The Morgan fingerprint density at radius 1 is 1.24 bits per heavy atom. The molecule has 0 spiro atoms. The van der Waals surface area contributed by atoms with Gasteiger partial charge in [0.25, 0.3) is 5.56 Å². The molecule has 5 rings (SSSR count). The lowest BCUT2D eigenvalue weighted by Gasteiger charge is -2.42. The first-order chi connectivity index (χ1) is 15.6. The van der Waals surface area contributed by atoms with E-state index in [1.165, 1.54) is 28.5 Å². The minimum absolute atomic E-state index is 0.0134. The van der Waals surface area contributed by atoms with Crippen molar-refractivity contribution in [2.24, 2.45) is 7.05 Å². The Morgan fingerprint density at radius 3 is 2.64 bits per heavy atom. The van der Waals surface area contributed by atoms with Crippen molar-refractivity contribution in [3.05, 3.63) is 70.2 Å². The number of fused-ring (bicyclic) bond motifs is 1. The maximum absolute atomic E-state index is 13.8. The Labute approximate surface area is 192 Å². The number of carbonyl (C=O) groups is 1. The number of amides is 1. The number of aryl methyl sites for hydroxylation is 1. The molecule has 0 radical (unpaired) electrons. The Hall–Kier alpha value is -3.46. The van der Waals surface area contributed by atoms with E-state index in [0.29, 0.717) is 22.0 Å². The standard InChI is InChI=1S/C23H20ClF2N5O2/c1-23(26)12-30(13-23)20(32)11-29-6-5-19-21(22(29)33)16(14-3-4-18(25)17(24)7-14)10-31(19)15-8-27-28(2)9-15/h3-10H,11-13H2,1-2H3. The van der Waals surface area contributed by atoms with Crippen LogP contribution in [0.3, 0.4) is 0 Å². The molecule has 0 atom stereocenters. The first-order valence-corrected chi connectivity index (χ1v) is 10.7. The highest BCUT2D eigenvalue weighted by Crippen LogP contribution is 2.33. The van der Waals surface area contributed by atoms with Gasteiger partial charge in [0.05, 0.1) is 40.9 Å². The van der Waals surface area contributed by atoms with Crippen molar-refractivity contribution in [2.45, 2.75) is 19.1 Å². The molecule has 1 amide bonds. The molecule has 4 heterocycles. The van der Waals surface area contributed by atoms with Gasteiger partial charge in [-0.3, -0.25) is 14.3 Å². The van der Waals surface area contributed by atoms with Crippen molar-refractivity contribution >= 4 is 28.4 Å². The highest BCUT2D eigenvalue weighted by atomic mass is 35.5. The van der Waals surface area contributed by atoms with Crippen molar-refractivity contribution in [1.82, 2.24) is 23.8 Å². The van der Waals surface area contributed by atoms with E-state index in [2.05, 4.69) is 5.10 Å². The van der Waals surface area contributed by atoms with E-state index in [9.17, 15) is 18.4 Å². The minimum Gasteiger partial charge on any atom is -0.335 e. The quantitative estimate of drug-likeness (QED) is 0.457. The number of pyridine rings is 1. The molecule has 33 heavy (non-hydrogen) atoms. The zero-order valence-corrected chi connectivity index (χ0v) is 18.7. The Balaban J connectivity index is 1.64. The average Bonchev–Trinajstić information content (AvgIpc) is 3.34. The second-order valence-corrected chi connectivity index (χ2v) is 8.99. The molecule has 0 bridgehead atoms. The minimum atomic E-state index is -1.39. The Morgan fingerprint density at radius 2 is 2.00 bits per heavy atom. The molecule has 4 aromatic rings. The van der Waals surface area contributed by atoms with Gasteiger partial charge in [-0.1, -0.05) is 17.7 Å². The van der Waals surface area contributed by atoms with E-state index in [4.69, 9.17) is 11.6 Å². The monoisotopic (exact) mass is 471 g/mol. The number of alkyl halides is 1. The predicted octanol–water partition coefficient (Wildman–Crippen LogP) is 3.56. The summed E-state index contributed by atoms with van der Waals surface area (Å²) in [5, 5.41) is 4.49. The fraction of sp³-hybridized carbons (Fsp3) is 0.261. The zero-order valence-electron chi connectivity index (χ0n) is 17.9. The van der Waals surface area contributed by atoms with Crippen LogP contribution in [0.4, 0.5) is 8.78 Å². The van der Waals surface area contributed by atoms with Gasteiger partial charge in [0, 0.05) is 31.2 Å². The smallest absolute Gasteiger partial charge is 0.261 e. The summed E-state index contributed by atoms with van der Waals surface area (Å²) in [5.41, 5.74) is 0.669.